The summed E-state index contributed by atoms with van der Waals surface area (Å²) in [6.07, 6.45) is 2.50. The number of likely N-dealkylation sites (N-methyl/N-ethyl adjacent to an activating group) is 1. The van der Waals surface area contributed by atoms with Gasteiger partial charge in [0.05, 0.1) is 18.0 Å². The summed E-state index contributed by atoms with van der Waals surface area (Å²) >= 11 is 1.37. The Balaban J connectivity index is 2.07. The highest BCUT2D eigenvalue weighted by Crippen LogP contribution is 2.17. The van der Waals surface area contributed by atoms with Crippen molar-refractivity contribution < 1.29 is 4.42 Å². The zero-order chi connectivity index (χ0) is 10.5. The molecule has 0 aliphatic carbocycles. The molecule has 2 rings (SSSR count). The fourth-order valence-corrected chi connectivity index (χ4v) is 1.99. The first-order valence-electron chi connectivity index (χ1n) is 4.93. The van der Waals surface area contributed by atoms with Gasteiger partial charge in [0.2, 0.25) is 0 Å². The van der Waals surface area contributed by atoms with E-state index in [0.717, 1.165) is 24.4 Å². The van der Waals surface area contributed by atoms with Crippen molar-refractivity contribution in [3.8, 4) is 0 Å². The number of hydrogen-bond acceptors (Lipinski definition) is 5. The van der Waals surface area contributed by atoms with Crippen LogP contribution < -0.4 is 5.32 Å². The minimum atomic E-state index is 0.194. The van der Waals surface area contributed by atoms with E-state index in [4.69, 9.17) is 4.42 Å². The fraction of sp³-hybridized carbons (Fsp3) is 0.400. The molecule has 0 aliphatic rings. The summed E-state index contributed by atoms with van der Waals surface area (Å²) in [6, 6.07) is 4.07. The summed E-state index contributed by atoms with van der Waals surface area (Å²) in [5.41, 5.74) is 0.984. The molecule has 80 valence electrons. The van der Waals surface area contributed by atoms with Crippen molar-refractivity contribution in [3.63, 3.8) is 0 Å². The predicted octanol–water partition coefficient (Wildman–Crippen LogP) is 2.02. The molecule has 2 heterocycles. The van der Waals surface area contributed by atoms with E-state index in [1.807, 2.05) is 17.5 Å². The highest BCUT2D eigenvalue weighted by Gasteiger charge is 2.14. The highest BCUT2D eigenvalue weighted by atomic mass is 32.1. The maximum absolute atomic E-state index is 5.32. The minimum Gasteiger partial charge on any atom is -0.469 e. The molecule has 2 aromatic rings. The number of hydrogen-bond donors (Lipinski definition) is 1. The molecule has 0 aromatic carbocycles. The molecule has 2 aromatic heterocycles. The first kappa shape index (κ1) is 10.3. The Labute approximate surface area is 92.5 Å². The van der Waals surface area contributed by atoms with Crippen LogP contribution in [0.15, 0.2) is 28.2 Å². The van der Waals surface area contributed by atoms with Crippen molar-refractivity contribution >= 4 is 11.5 Å². The molecule has 15 heavy (non-hydrogen) atoms. The Morgan fingerprint density at radius 1 is 1.60 bits per heavy atom. The van der Waals surface area contributed by atoms with E-state index >= 15 is 0 Å². The summed E-state index contributed by atoms with van der Waals surface area (Å²) in [5.74, 6) is 0.967. The predicted molar refractivity (Wildman–Crippen MR) is 58.7 cm³/mol. The Morgan fingerprint density at radius 3 is 3.13 bits per heavy atom. The van der Waals surface area contributed by atoms with Crippen LogP contribution in [0.5, 0.6) is 0 Å². The van der Waals surface area contributed by atoms with Crippen LogP contribution in [-0.2, 0) is 6.42 Å². The summed E-state index contributed by atoms with van der Waals surface area (Å²) < 4.78 is 9.20. The van der Waals surface area contributed by atoms with Crippen LogP contribution in [0.3, 0.4) is 0 Å². The van der Waals surface area contributed by atoms with E-state index in [0.29, 0.717) is 0 Å². The molecule has 1 N–H and O–H groups in total. The van der Waals surface area contributed by atoms with E-state index in [2.05, 4.69) is 21.8 Å². The van der Waals surface area contributed by atoms with Gasteiger partial charge in [0, 0.05) is 11.8 Å². The quantitative estimate of drug-likeness (QED) is 0.842. The van der Waals surface area contributed by atoms with Crippen LogP contribution >= 0.6 is 11.5 Å². The highest BCUT2D eigenvalue weighted by molar-refractivity contribution is 7.03. The van der Waals surface area contributed by atoms with Crippen molar-refractivity contribution in [2.45, 2.75) is 19.4 Å². The Morgan fingerprint density at radius 2 is 2.53 bits per heavy atom. The van der Waals surface area contributed by atoms with Crippen molar-refractivity contribution in [1.29, 1.82) is 0 Å². The van der Waals surface area contributed by atoms with Crippen LogP contribution in [0.2, 0.25) is 0 Å². The zero-order valence-corrected chi connectivity index (χ0v) is 9.33. The first-order chi connectivity index (χ1) is 7.40. The van der Waals surface area contributed by atoms with E-state index in [-0.39, 0.29) is 6.04 Å². The molecule has 0 saturated heterocycles. The van der Waals surface area contributed by atoms with Gasteiger partial charge in [-0.3, -0.25) is 0 Å². The molecule has 0 bridgehead atoms. The maximum Gasteiger partial charge on any atom is 0.105 e. The van der Waals surface area contributed by atoms with E-state index in [1.54, 1.807) is 6.26 Å². The summed E-state index contributed by atoms with van der Waals surface area (Å²) in [4.78, 5) is 0. The van der Waals surface area contributed by atoms with Crippen LogP contribution in [0.25, 0.3) is 0 Å². The van der Waals surface area contributed by atoms with Gasteiger partial charge in [-0.25, -0.2) is 0 Å². The largest absolute Gasteiger partial charge is 0.469 e. The lowest BCUT2D eigenvalue weighted by molar-refractivity contribution is 0.449. The smallest absolute Gasteiger partial charge is 0.105 e. The molecule has 0 saturated carbocycles. The summed E-state index contributed by atoms with van der Waals surface area (Å²) in [7, 11) is 0. The zero-order valence-electron chi connectivity index (χ0n) is 8.51. The van der Waals surface area contributed by atoms with Crippen molar-refractivity contribution in [1.82, 2.24) is 14.9 Å². The van der Waals surface area contributed by atoms with E-state index in [9.17, 15) is 0 Å². The van der Waals surface area contributed by atoms with Crippen molar-refractivity contribution in [3.05, 3.63) is 35.2 Å². The van der Waals surface area contributed by atoms with Gasteiger partial charge in [-0.2, -0.15) is 0 Å². The van der Waals surface area contributed by atoms with E-state index < -0.39 is 0 Å². The second-order valence-electron chi connectivity index (χ2n) is 3.22. The maximum atomic E-state index is 5.32. The lowest BCUT2D eigenvalue weighted by atomic mass is 10.1. The van der Waals surface area contributed by atoms with Gasteiger partial charge in [0.15, 0.2) is 0 Å². The Hall–Kier alpha value is -1.20. The third-order valence-electron chi connectivity index (χ3n) is 2.17. The van der Waals surface area contributed by atoms with Gasteiger partial charge in [0.1, 0.15) is 5.76 Å². The number of furan rings is 1. The number of nitrogens with zero attached hydrogens (tertiary/aromatic N) is 2. The molecule has 5 heteroatoms. The normalized spacial score (nSPS) is 12.9. The molecule has 1 atom stereocenters. The molecule has 1 unspecified atom stereocenters. The molecule has 0 radical (unpaired) electrons. The Bertz CT molecular complexity index is 371. The molecule has 0 spiro atoms. The van der Waals surface area contributed by atoms with E-state index in [1.165, 1.54) is 11.5 Å². The summed E-state index contributed by atoms with van der Waals surface area (Å²) in [6.45, 7) is 2.98. The first-order valence-corrected chi connectivity index (χ1v) is 5.76. The average molecular weight is 223 g/mol. The third kappa shape index (κ3) is 2.64. The lowest BCUT2D eigenvalue weighted by Crippen LogP contribution is -2.23. The number of aromatic nitrogens is 2. The fourth-order valence-electron chi connectivity index (χ4n) is 1.48. The lowest BCUT2D eigenvalue weighted by Gasteiger charge is -2.13. The second kappa shape index (κ2) is 5.04. The summed E-state index contributed by atoms with van der Waals surface area (Å²) in [5, 5.41) is 9.42. The number of nitrogens with one attached hydrogen (secondary N) is 1. The van der Waals surface area contributed by atoms with Crippen molar-refractivity contribution in [2.75, 3.05) is 6.54 Å². The van der Waals surface area contributed by atoms with Crippen LogP contribution in [-0.4, -0.2) is 16.1 Å². The van der Waals surface area contributed by atoms with Gasteiger partial charge >= 0.3 is 0 Å². The Kier molecular flexibility index (Phi) is 3.47. The van der Waals surface area contributed by atoms with Crippen molar-refractivity contribution in [2.24, 2.45) is 0 Å². The standard InChI is InChI=1S/C10H13N3OS/c1-2-11-9(10-7-15-13-12-10)6-8-4-3-5-14-8/h3-5,7,9,11H,2,6H2,1H3. The third-order valence-corrected chi connectivity index (χ3v) is 2.69. The monoisotopic (exact) mass is 223 g/mol. The van der Waals surface area contributed by atoms with Crippen LogP contribution in [0.1, 0.15) is 24.4 Å². The second-order valence-corrected chi connectivity index (χ2v) is 3.83. The SMILES string of the molecule is CCNC(Cc1ccco1)c1csnn1. The molecule has 4 nitrogen and oxygen atoms in total. The minimum absolute atomic E-state index is 0.194. The van der Waals surface area contributed by atoms with Crippen LogP contribution in [0.4, 0.5) is 0 Å². The van der Waals surface area contributed by atoms with Gasteiger partial charge in [-0.05, 0) is 30.2 Å². The molecular weight excluding hydrogens is 210 g/mol. The van der Waals surface area contributed by atoms with Gasteiger partial charge in [0.25, 0.3) is 0 Å². The topological polar surface area (TPSA) is 51.0 Å². The molecular formula is C10H13N3OS. The van der Waals surface area contributed by atoms with Crippen LogP contribution in [0, 0.1) is 0 Å². The molecule has 0 amide bonds. The molecule has 0 aliphatic heterocycles. The average Bonchev–Trinajstić information content (AvgIpc) is 2.89. The number of rotatable bonds is 5. The van der Waals surface area contributed by atoms with Gasteiger partial charge in [-0.15, -0.1) is 5.10 Å². The molecule has 0 fully saturated rings. The van der Waals surface area contributed by atoms with Gasteiger partial charge in [-0.1, -0.05) is 11.4 Å². The van der Waals surface area contributed by atoms with Gasteiger partial charge < -0.3 is 9.73 Å².